The van der Waals surface area contributed by atoms with E-state index in [1.807, 2.05) is 0 Å². The molecule has 3 N–H and O–H groups in total. The minimum atomic E-state index is -0.319. The molecule has 19 heavy (non-hydrogen) atoms. The molecular formula is C15H30N2O2. The lowest BCUT2D eigenvalue weighted by atomic mass is 9.77. The van der Waals surface area contributed by atoms with E-state index in [0.717, 1.165) is 38.4 Å². The van der Waals surface area contributed by atoms with E-state index in [4.69, 9.17) is 0 Å². The van der Waals surface area contributed by atoms with Crippen molar-refractivity contribution in [1.29, 1.82) is 0 Å². The zero-order chi connectivity index (χ0) is 13.7. The summed E-state index contributed by atoms with van der Waals surface area (Å²) >= 11 is 0. The first kappa shape index (κ1) is 15.2. The van der Waals surface area contributed by atoms with E-state index in [-0.39, 0.29) is 18.2 Å². The maximum Gasteiger partial charge on any atom is 0.0791 e. The van der Waals surface area contributed by atoms with Gasteiger partial charge in [0.25, 0.3) is 0 Å². The summed E-state index contributed by atoms with van der Waals surface area (Å²) in [6.45, 7) is 6.09. The molecule has 0 spiro atoms. The Labute approximate surface area is 117 Å². The molecule has 1 aliphatic heterocycles. The van der Waals surface area contributed by atoms with Crippen LogP contribution in [-0.4, -0.2) is 59.5 Å². The van der Waals surface area contributed by atoms with E-state index in [1.54, 1.807) is 0 Å². The Balaban J connectivity index is 1.72. The minimum absolute atomic E-state index is 0.140. The Kier molecular flexibility index (Phi) is 5.63. The molecule has 2 rings (SSSR count). The Bertz CT molecular complexity index is 259. The number of β-amino-alcohol motifs (C(OH)–C–C–N with tert-alkyl or cyclic N) is 1. The molecule has 1 saturated carbocycles. The van der Waals surface area contributed by atoms with Gasteiger partial charge in [0.15, 0.2) is 0 Å². The van der Waals surface area contributed by atoms with Crippen molar-refractivity contribution in [3.8, 4) is 0 Å². The van der Waals surface area contributed by atoms with Gasteiger partial charge in [-0.3, -0.25) is 0 Å². The molecule has 4 heteroatoms. The van der Waals surface area contributed by atoms with Crippen molar-refractivity contribution in [1.82, 2.24) is 10.2 Å². The standard InChI is InChI=1S/C15H30N2O2/c1-13-4-6-15(12-18,7-5-13)16-10-14(19)11-17-8-2-3-9-17/h13-14,16,18-19H,2-12H2,1H3. The number of nitrogens with zero attached hydrogens (tertiary/aromatic N) is 1. The summed E-state index contributed by atoms with van der Waals surface area (Å²) in [7, 11) is 0. The second kappa shape index (κ2) is 7.02. The summed E-state index contributed by atoms with van der Waals surface area (Å²) in [6, 6.07) is 0. The third-order valence-electron chi connectivity index (χ3n) is 4.91. The quantitative estimate of drug-likeness (QED) is 0.673. The third-order valence-corrected chi connectivity index (χ3v) is 4.91. The molecule has 1 atom stereocenters. The summed E-state index contributed by atoms with van der Waals surface area (Å²) < 4.78 is 0. The van der Waals surface area contributed by atoms with E-state index in [9.17, 15) is 10.2 Å². The van der Waals surface area contributed by atoms with Crippen LogP contribution in [0.3, 0.4) is 0 Å². The van der Waals surface area contributed by atoms with Gasteiger partial charge in [-0.1, -0.05) is 6.92 Å². The molecular weight excluding hydrogens is 240 g/mol. The molecule has 0 amide bonds. The lowest BCUT2D eigenvalue weighted by molar-refractivity contribution is 0.0721. The van der Waals surface area contributed by atoms with Gasteiger partial charge in [0.2, 0.25) is 0 Å². The topological polar surface area (TPSA) is 55.7 Å². The monoisotopic (exact) mass is 270 g/mol. The number of nitrogens with one attached hydrogen (secondary N) is 1. The number of hydrogen-bond acceptors (Lipinski definition) is 4. The van der Waals surface area contributed by atoms with Crippen LogP contribution in [0.15, 0.2) is 0 Å². The van der Waals surface area contributed by atoms with Crippen LogP contribution < -0.4 is 5.32 Å². The number of aliphatic hydroxyl groups is 2. The summed E-state index contributed by atoms with van der Waals surface area (Å²) in [5.41, 5.74) is -0.140. The van der Waals surface area contributed by atoms with Crippen molar-refractivity contribution < 1.29 is 10.2 Å². The van der Waals surface area contributed by atoms with Gasteiger partial charge >= 0.3 is 0 Å². The largest absolute Gasteiger partial charge is 0.394 e. The molecule has 0 radical (unpaired) electrons. The Morgan fingerprint density at radius 1 is 1.26 bits per heavy atom. The second-order valence-corrected chi connectivity index (χ2v) is 6.66. The van der Waals surface area contributed by atoms with E-state index in [2.05, 4.69) is 17.1 Å². The number of hydrogen-bond donors (Lipinski definition) is 3. The van der Waals surface area contributed by atoms with Crippen LogP contribution in [0.2, 0.25) is 0 Å². The van der Waals surface area contributed by atoms with Crippen LogP contribution in [0.4, 0.5) is 0 Å². The maximum atomic E-state index is 10.1. The van der Waals surface area contributed by atoms with Crippen molar-refractivity contribution >= 4 is 0 Å². The second-order valence-electron chi connectivity index (χ2n) is 6.66. The van der Waals surface area contributed by atoms with Gasteiger partial charge in [0.1, 0.15) is 0 Å². The smallest absolute Gasteiger partial charge is 0.0791 e. The zero-order valence-corrected chi connectivity index (χ0v) is 12.3. The van der Waals surface area contributed by atoms with Crippen molar-refractivity contribution in [3.63, 3.8) is 0 Å². The molecule has 2 fully saturated rings. The Hall–Kier alpha value is -0.160. The molecule has 1 aliphatic carbocycles. The molecule has 0 aromatic heterocycles. The van der Waals surface area contributed by atoms with Gasteiger partial charge in [-0.2, -0.15) is 0 Å². The molecule has 2 aliphatic rings. The lowest BCUT2D eigenvalue weighted by Crippen LogP contribution is -2.54. The first-order valence-corrected chi connectivity index (χ1v) is 7.90. The highest BCUT2D eigenvalue weighted by molar-refractivity contribution is 4.92. The van der Waals surface area contributed by atoms with Gasteiger partial charge < -0.3 is 20.4 Å². The van der Waals surface area contributed by atoms with Gasteiger partial charge in [0.05, 0.1) is 12.7 Å². The van der Waals surface area contributed by atoms with Crippen molar-refractivity contribution in [2.24, 2.45) is 5.92 Å². The number of rotatable bonds is 6. The minimum Gasteiger partial charge on any atom is -0.394 e. The van der Waals surface area contributed by atoms with Gasteiger partial charge in [-0.15, -0.1) is 0 Å². The average Bonchev–Trinajstić information content (AvgIpc) is 2.92. The fourth-order valence-corrected chi connectivity index (χ4v) is 3.37. The molecule has 112 valence electrons. The molecule has 1 saturated heterocycles. The Morgan fingerprint density at radius 3 is 2.47 bits per heavy atom. The maximum absolute atomic E-state index is 10.1. The number of likely N-dealkylation sites (tertiary alicyclic amines) is 1. The molecule has 1 heterocycles. The molecule has 4 nitrogen and oxygen atoms in total. The van der Waals surface area contributed by atoms with Crippen molar-refractivity contribution in [3.05, 3.63) is 0 Å². The van der Waals surface area contributed by atoms with Crippen LogP contribution in [0.1, 0.15) is 45.4 Å². The zero-order valence-electron chi connectivity index (χ0n) is 12.3. The van der Waals surface area contributed by atoms with Gasteiger partial charge in [0, 0.05) is 18.6 Å². The SMILES string of the molecule is CC1CCC(CO)(NCC(O)CN2CCCC2)CC1. The van der Waals surface area contributed by atoms with Crippen LogP contribution in [-0.2, 0) is 0 Å². The van der Waals surface area contributed by atoms with E-state index < -0.39 is 0 Å². The highest BCUT2D eigenvalue weighted by Crippen LogP contribution is 2.31. The molecule has 1 unspecified atom stereocenters. The van der Waals surface area contributed by atoms with E-state index in [0.29, 0.717) is 6.54 Å². The summed E-state index contributed by atoms with van der Waals surface area (Å²) in [5.74, 6) is 0.774. The highest BCUT2D eigenvalue weighted by Gasteiger charge is 2.33. The van der Waals surface area contributed by atoms with Crippen LogP contribution in [0.25, 0.3) is 0 Å². The molecule has 0 aromatic carbocycles. The van der Waals surface area contributed by atoms with Crippen molar-refractivity contribution in [2.75, 3.05) is 32.8 Å². The van der Waals surface area contributed by atoms with E-state index >= 15 is 0 Å². The summed E-state index contributed by atoms with van der Waals surface area (Å²) in [5, 5.41) is 23.2. The summed E-state index contributed by atoms with van der Waals surface area (Å²) in [6.07, 6.45) is 6.62. The first-order valence-electron chi connectivity index (χ1n) is 7.90. The number of aliphatic hydroxyl groups excluding tert-OH is 2. The fraction of sp³-hybridized carbons (Fsp3) is 1.00. The van der Waals surface area contributed by atoms with Crippen LogP contribution in [0, 0.1) is 5.92 Å². The summed E-state index contributed by atoms with van der Waals surface area (Å²) in [4.78, 5) is 2.33. The van der Waals surface area contributed by atoms with Crippen LogP contribution in [0.5, 0.6) is 0 Å². The molecule has 0 aromatic rings. The first-order chi connectivity index (χ1) is 9.13. The van der Waals surface area contributed by atoms with Crippen LogP contribution >= 0.6 is 0 Å². The van der Waals surface area contributed by atoms with E-state index in [1.165, 1.54) is 25.7 Å². The normalized spacial score (nSPS) is 34.6. The fourth-order valence-electron chi connectivity index (χ4n) is 3.37. The van der Waals surface area contributed by atoms with Gasteiger partial charge in [-0.25, -0.2) is 0 Å². The van der Waals surface area contributed by atoms with Gasteiger partial charge in [-0.05, 0) is 57.5 Å². The predicted octanol–water partition coefficient (Wildman–Crippen LogP) is 0.974. The van der Waals surface area contributed by atoms with Crippen molar-refractivity contribution in [2.45, 2.75) is 57.1 Å². The molecule has 0 bridgehead atoms. The lowest BCUT2D eigenvalue weighted by Gasteiger charge is -2.39. The Morgan fingerprint density at radius 2 is 1.89 bits per heavy atom. The predicted molar refractivity (Wildman–Crippen MR) is 77.1 cm³/mol. The third kappa shape index (κ3) is 4.42. The highest BCUT2D eigenvalue weighted by atomic mass is 16.3. The average molecular weight is 270 g/mol.